The molecule has 1 aromatic rings. The van der Waals surface area contributed by atoms with Crippen molar-refractivity contribution in [2.24, 2.45) is 16.6 Å². The molecule has 8 heteroatoms. The molecule has 0 saturated carbocycles. The molecule has 1 atom stereocenters. The van der Waals surface area contributed by atoms with Gasteiger partial charge in [0, 0.05) is 27.2 Å². The molecule has 0 bridgehead atoms. The first kappa shape index (κ1) is 21.2. The largest absolute Gasteiger partial charge is 0.370 e. The molecule has 2 rings (SSSR count). The summed E-state index contributed by atoms with van der Waals surface area (Å²) in [6, 6.07) is 6.93. The highest BCUT2D eigenvalue weighted by atomic mass is 127. The molecular formula is C16H27IN4O2S. The summed E-state index contributed by atoms with van der Waals surface area (Å²) >= 11 is 0. The van der Waals surface area contributed by atoms with Crippen LogP contribution in [-0.2, 0) is 16.6 Å². The van der Waals surface area contributed by atoms with Crippen LogP contribution in [0, 0.1) is 5.92 Å². The Hall–Kier alpha value is -0.870. The number of halogens is 1. The Bertz CT molecular complexity index is 676. The lowest BCUT2D eigenvalue weighted by Gasteiger charge is -2.31. The van der Waals surface area contributed by atoms with E-state index in [1.54, 1.807) is 18.2 Å². The lowest BCUT2D eigenvalue weighted by Crippen LogP contribution is -2.43. The van der Waals surface area contributed by atoms with Gasteiger partial charge in [0.1, 0.15) is 0 Å². The number of aliphatic imine (C=N–C) groups is 1. The number of sulfonamides is 1. The average molecular weight is 466 g/mol. The topological polar surface area (TPSA) is 79.0 Å². The Morgan fingerprint density at radius 2 is 2.04 bits per heavy atom. The highest BCUT2D eigenvalue weighted by Gasteiger charge is 2.21. The fraction of sp³-hybridized carbons (Fsp3) is 0.562. The van der Waals surface area contributed by atoms with Gasteiger partial charge in [0.25, 0.3) is 0 Å². The molecule has 1 aromatic carbocycles. The number of guanidine groups is 1. The Balaban J connectivity index is 0.00000288. The summed E-state index contributed by atoms with van der Waals surface area (Å²) in [6.07, 6.45) is 2.33. The summed E-state index contributed by atoms with van der Waals surface area (Å²) < 4.78 is 26.0. The summed E-state index contributed by atoms with van der Waals surface area (Å²) in [5, 5.41) is 0. The van der Waals surface area contributed by atoms with Crippen molar-refractivity contribution in [2.45, 2.75) is 31.2 Å². The molecule has 0 amide bonds. The zero-order valence-corrected chi connectivity index (χ0v) is 17.6. The molecular weight excluding hydrogens is 439 g/mol. The minimum Gasteiger partial charge on any atom is -0.370 e. The highest BCUT2D eigenvalue weighted by molar-refractivity contribution is 14.0. The van der Waals surface area contributed by atoms with Crippen molar-refractivity contribution in [1.29, 1.82) is 0 Å². The number of hydrogen-bond acceptors (Lipinski definition) is 3. The SMILES string of the molecule is CC1CCCN(C(N)=NCc2ccccc2S(=O)(=O)N(C)C)C1.I. The molecule has 1 heterocycles. The standard InChI is InChI=1S/C16H26N4O2S.HI/c1-13-7-6-10-20(12-13)16(17)18-11-14-8-4-5-9-15(14)23(21,22)19(2)3;/h4-5,8-9,13H,6-7,10-12H2,1-3H3,(H2,17,18);1H. The second-order valence-electron chi connectivity index (χ2n) is 6.26. The van der Waals surface area contributed by atoms with Crippen molar-refractivity contribution in [1.82, 2.24) is 9.21 Å². The number of likely N-dealkylation sites (tertiary alicyclic amines) is 1. The van der Waals surface area contributed by atoms with Crippen LogP contribution in [0.2, 0.25) is 0 Å². The van der Waals surface area contributed by atoms with Crippen LogP contribution in [0.15, 0.2) is 34.2 Å². The Morgan fingerprint density at radius 1 is 1.38 bits per heavy atom. The quantitative estimate of drug-likeness (QED) is 0.419. The third-order valence-corrected chi connectivity index (χ3v) is 6.04. The van der Waals surface area contributed by atoms with Crippen LogP contribution in [0.5, 0.6) is 0 Å². The monoisotopic (exact) mass is 466 g/mol. The maximum absolute atomic E-state index is 12.4. The first-order valence-corrected chi connectivity index (χ1v) is 9.31. The van der Waals surface area contributed by atoms with Crippen LogP contribution in [0.4, 0.5) is 0 Å². The molecule has 24 heavy (non-hydrogen) atoms. The second kappa shape index (κ2) is 9.00. The van der Waals surface area contributed by atoms with Gasteiger partial charge in [-0.1, -0.05) is 25.1 Å². The number of hydrogen-bond donors (Lipinski definition) is 1. The summed E-state index contributed by atoms with van der Waals surface area (Å²) in [7, 11) is -0.426. The van der Waals surface area contributed by atoms with Gasteiger partial charge in [-0.25, -0.2) is 17.7 Å². The van der Waals surface area contributed by atoms with Crippen LogP contribution >= 0.6 is 24.0 Å². The van der Waals surface area contributed by atoms with Crippen molar-refractivity contribution in [3.63, 3.8) is 0 Å². The molecule has 0 spiro atoms. The lowest BCUT2D eigenvalue weighted by atomic mass is 10.0. The first-order valence-electron chi connectivity index (χ1n) is 7.87. The van der Waals surface area contributed by atoms with Gasteiger partial charge in [0.05, 0.1) is 11.4 Å². The van der Waals surface area contributed by atoms with Gasteiger partial charge < -0.3 is 10.6 Å². The van der Waals surface area contributed by atoms with Crippen LogP contribution in [0.25, 0.3) is 0 Å². The van der Waals surface area contributed by atoms with Crippen LogP contribution < -0.4 is 5.73 Å². The third-order valence-electron chi connectivity index (χ3n) is 4.12. The molecule has 0 radical (unpaired) electrons. The van der Waals surface area contributed by atoms with E-state index in [2.05, 4.69) is 16.8 Å². The number of benzene rings is 1. The summed E-state index contributed by atoms with van der Waals surface area (Å²) in [5.74, 6) is 1.10. The van der Waals surface area contributed by atoms with Gasteiger partial charge in [-0.3, -0.25) is 0 Å². The predicted molar refractivity (Wildman–Crippen MR) is 108 cm³/mol. The fourth-order valence-corrected chi connectivity index (χ4v) is 3.85. The van der Waals surface area contributed by atoms with E-state index < -0.39 is 10.0 Å². The van der Waals surface area contributed by atoms with Gasteiger partial charge in [-0.2, -0.15) is 0 Å². The van der Waals surface area contributed by atoms with Gasteiger partial charge in [-0.05, 0) is 30.4 Å². The van der Waals surface area contributed by atoms with Crippen LogP contribution in [0.1, 0.15) is 25.3 Å². The Labute approximate surface area is 162 Å². The molecule has 1 aliphatic rings. The number of nitrogens with zero attached hydrogens (tertiary/aromatic N) is 3. The number of piperidine rings is 1. The number of rotatable bonds is 4. The molecule has 1 fully saturated rings. The molecule has 1 aliphatic heterocycles. The Kier molecular flexibility index (Phi) is 7.94. The smallest absolute Gasteiger partial charge is 0.242 e. The molecule has 136 valence electrons. The van der Waals surface area contributed by atoms with E-state index in [1.165, 1.54) is 24.8 Å². The third kappa shape index (κ3) is 5.06. The zero-order chi connectivity index (χ0) is 17.0. The first-order chi connectivity index (χ1) is 10.8. The summed E-state index contributed by atoms with van der Waals surface area (Å²) in [4.78, 5) is 6.79. The van der Waals surface area contributed by atoms with Crippen molar-refractivity contribution >= 4 is 40.0 Å². The minimum atomic E-state index is -3.48. The van der Waals surface area contributed by atoms with E-state index in [4.69, 9.17) is 5.73 Å². The normalized spacial score (nSPS) is 19.2. The summed E-state index contributed by atoms with van der Waals surface area (Å²) in [5.41, 5.74) is 6.75. The Morgan fingerprint density at radius 3 is 2.67 bits per heavy atom. The van der Waals surface area contributed by atoms with Crippen molar-refractivity contribution < 1.29 is 8.42 Å². The van der Waals surface area contributed by atoms with E-state index in [0.29, 0.717) is 17.4 Å². The van der Waals surface area contributed by atoms with Gasteiger partial charge in [-0.15, -0.1) is 24.0 Å². The molecule has 2 N–H and O–H groups in total. The maximum Gasteiger partial charge on any atom is 0.242 e. The number of nitrogens with two attached hydrogens (primary N) is 1. The van der Waals surface area contributed by atoms with E-state index in [1.807, 2.05) is 6.07 Å². The van der Waals surface area contributed by atoms with E-state index in [-0.39, 0.29) is 35.4 Å². The van der Waals surface area contributed by atoms with Crippen molar-refractivity contribution in [2.75, 3.05) is 27.2 Å². The highest BCUT2D eigenvalue weighted by Crippen LogP contribution is 2.20. The maximum atomic E-state index is 12.4. The molecule has 0 aliphatic carbocycles. The minimum absolute atomic E-state index is 0. The van der Waals surface area contributed by atoms with Crippen molar-refractivity contribution in [3.8, 4) is 0 Å². The molecule has 6 nitrogen and oxygen atoms in total. The van der Waals surface area contributed by atoms with Crippen molar-refractivity contribution in [3.05, 3.63) is 29.8 Å². The average Bonchev–Trinajstić information content (AvgIpc) is 2.52. The van der Waals surface area contributed by atoms with Gasteiger partial charge >= 0.3 is 0 Å². The zero-order valence-electron chi connectivity index (χ0n) is 14.5. The van der Waals surface area contributed by atoms with Crippen LogP contribution in [0.3, 0.4) is 0 Å². The fourth-order valence-electron chi connectivity index (χ4n) is 2.75. The predicted octanol–water partition coefficient (Wildman–Crippen LogP) is 2.10. The molecule has 1 unspecified atom stereocenters. The molecule has 1 saturated heterocycles. The molecule has 0 aromatic heterocycles. The summed E-state index contributed by atoms with van der Waals surface area (Å²) in [6.45, 7) is 4.29. The van der Waals surface area contributed by atoms with E-state index in [0.717, 1.165) is 19.5 Å². The van der Waals surface area contributed by atoms with Gasteiger partial charge in [0.2, 0.25) is 10.0 Å². The lowest BCUT2D eigenvalue weighted by molar-refractivity contribution is 0.270. The van der Waals surface area contributed by atoms with E-state index in [9.17, 15) is 8.42 Å². The van der Waals surface area contributed by atoms with Crippen LogP contribution in [-0.4, -0.2) is 50.8 Å². The van der Waals surface area contributed by atoms with Gasteiger partial charge in [0.15, 0.2) is 5.96 Å². The second-order valence-corrected chi connectivity index (χ2v) is 8.38. The van der Waals surface area contributed by atoms with E-state index >= 15 is 0 Å².